The second-order valence-electron chi connectivity index (χ2n) is 4.34. The number of aliphatic hydroxyl groups is 1. The van der Waals surface area contributed by atoms with E-state index >= 15 is 0 Å². The van der Waals surface area contributed by atoms with E-state index in [4.69, 9.17) is 5.11 Å². The number of nitrogens with zero attached hydrogens (tertiary/aromatic N) is 1. The van der Waals surface area contributed by atoms with Gasteiger partial charge in [-0.2, -0.15) is 0 Å². The molecule has 0 aromatic rings. The van der Waals surface area contributed by atoms with Gasteiger partial charge in [-0.15, -0.1) is 0 Å². The quantitative estimate of drug-likeness (QED) is 0.581. The molecule has 0 aliphatic carbocycles. The van der Waals surface area contributed by atoms with Crippen LogP contribution in [0, 0.1) is 0 Å². The SMILES string of the molecule is CCCCCN(CC(=O)NCCO)C(C)C. The Morgan fingerprint density at radius 1 is 1.38 bits per heavy atom. The van der Waals surface area contributed by atoms with Crippen molar-refractivity contribution in [1.82, 2.24) is 10.2 Å². The smallest absolute Gasteiger partial charge is 0.234 e. The summed E-state index contributed by atoms with van der Waals surface area (Å²) in [7, 11) is 0. The zero-order chi connectivity index (χ0) is 12.4. The highest BCUT2D eigenvalue weighted by Crippen LogP contribution is 2.02. The highest BCUT2D eigenvalue weighted by molar-refractivity contribution is 5.78. The van der Waals surface area contributed by atoms with Crippen molar-refractivity contribution in [1.29, 1.82) is 0 Å². The summed E-state index contributed by atoms with van der Waals surface area (Å²) in [5.74, 6) is -0.000696. The van der Waals surface area contributed by atoms with Crippen LogP contribution < -0.4 is 5.32 Å². The predicted octanol–water partition coefficient (Wildman–Crippen LogP) is 0.995. The van der Waals surface area contributed by atoms with Gasteiger partial charge in [-0.05, 0) is 26.8 Å². The lowest BCUT2D eigenvalue weighted by Gasteiger charge is -2.25. The first kappa shape index (κ1) is 15.4. The third kappa shape index (κ3) is 7.65. The normalized spacial score (nSPS) is 11.1. The Balaban J connectivity index is 3.87. The van der Waals surface area contributed by atoms with Crippen LogP contribution in [0.25, 0.3) is 0 Å². The summed E-state index contributed by atoms with van der Waals surface area (Å²) in [4.78, 5) is 13.7. The Kier molecular flexibility index (Phi) is 9.24. The molecule has 0 aliphatic rings. The maximum absolute atomic E-state index is 11.5. The van der Waals surface area contributed by atoms with Crippen LogP contribution in [-0.4, -0.2) is 48.2 Å². The highest BCUT2D eigenvalue weighted by Gasteiger charge is 2.12. The summed E-state index contributed by atoms with van der Waals surface area (Å²) >= 11 is 0. The predicted molar refractivity (Wildman–Crippen MR) is 66.3 cm³/mol. The third-order valence-electron chi connectivity index (χ3n) is 2.56. The van der Waals surface area contributed by atoms with Crippen molar-refractivity contribution in [3.8, 4) is 0 Å². The molecule has 0 aromatic heterocycles. The first-order valence-electron chi connectivity index (χ1n) is 6.23. The average molecular weight is 230 g/mol. The maximum Gasteiger partial charge on any atom is 0.234 e. The lowest BCUT2D eigenvalue weighted by Crippen LogP contribution is -2.42. The van der Waals surface area contributed by atoms with E-state index in [1.807, 2.05) is 0 Å². The minimum atomic E-state index is -0.000696. The summed E-state index contributed by atoms with van der Waals surface area (Å²) < 4.78 is 0. The molecule has 16 heavy (non-hydrogen) atoms. The molecule has 0 fully saturated rings. The molecule has 0 aliphatic heterocycles. The van der Waals surface area contributed by atoms with Gasteiger partial charge in [0.25, 0.3) is 0 Å². The van der Waals surface area contributed by atoms with E-state index < -0.39 is 0 Å². The Labute approximate surface area is 99.0 Å². The minimum absolute atomic E-state index is 0.000696. The summed E-state index contributed by atoms with van der Waals surface area (Å²) in [6, 6.07) is 0.386. The summed E-state index contributed by atoms with van der Waals surface area (Å²) in [6.45, 7) is 8.13. The van der Waals surface area contributed by atoms with Crippen molar-refractivity contribution in [2.45, 2.75) is 46.1 Å². The van der Waals surface area contributed by atoms with Crippen molar-refractivity contribution in [3.05, 3.63) is 0 Å². The van der Waals surface area contributed by atoms with Crippen LogP contribution in [-0.2, 0) is 4.79 Å². The van der Waals surface area contributed by atoms with E-state index in [0.717, 1.165) is 13.0 Å². The van der Waals surface area contributed by atoms with Crippen LogP contribution in [0.15, 0.2) is 0 Å². The molecule has 0 atom stereocenters. The summed E-state index contributed by atoms with van der Waals surface area (Å²) in [5, 5.41) is 11.3. The summed E-state index contributed by atoms with van der Waals surface area (Å²) in [6.07, 6.45) is 3.55. The average Bonchev–Trinajstić information content (AvgIpc) is 2.25. The fraction of sp³-hybridized carbons (Fsp3) is 0.917. The van der Waals surface area contributed by atoms with Gasteiger partial charge in [0.2, 0.25) is 5.91 Å². The van der Waals surface area contributed by atoms with Crippen LogP contribution >= 0.6 is 0 Å². The Morgan fingerprint density at radius 3 is 2.56 bits per heavy atom. The van der Waals surface area contributed by atoms with Crippen LogP contribution in [0.2, 0.25) is 0 Å². The first-order valence-corrected chi connectivity index (χ1v) is 6.23. The molecule has 2 N–H and O–H groups in total. The van der Waals surface area contributed by atoms with E-state index in [0.29, 0.717) is 19.1 Å². The lowest BCUT2D eigenvalue weighted by atomic mass is 10.2. The van der Waals surface area contributed by atoms with E-state index in [1.165, 1.54) is 12.8 Å². The molecule has 4 nitrogen and oxygen atoms in total. The molecule has 4 heteroatoms. The fourth-order valence-electron chi connectivity index (χ4n) is 1.52. The van der Waals surface area contributed by atoms with Gasteiger partial charge in [-0.1, -0.05) is 19.8 Å². The molecule has 0 saturated carbocycles. The molecule has 0 aromatic carbocycles. The van der Waals surface area contributed by atoms with Crippen LogP contribution in [0.4, 0.5) is 0 Å². The molecule has 0 heterocycles. The number of aliphatic hydroxyl groups excluding tert-OH is 1. The van der Waals surface area contributed by atoms with Crippen molar-refractivity contribution in [2.24, 2.45) is 0 Å². The van der Waals surface area contributed by atoms with Crippen molar-refractivity contribution < 1.29 is 9.90 Å². The van der Waals surface area contributed by atoms with Gasteiger partial charge in [0.05, 0.1) is 13.2 Å². The van der Waals surface area contributed by atoms with Gasteiger partial charge in [-0.3, -0.25) is 9.69 Å². The third-order valence-corrected chi connectivity index (χ3v) is 2.56. The number of hydrogen-bond donors (Lipinski definition) is 2. The maximum atomic E-state index is 11.5. The van der Waals surface area contributed by atoms with Crippen LogP contribution in [0.3, 0.4) is 0 Å². The highest BCUT2D eigenvalue weighted by atomic mass is 16.3. The number of nitrogens with one attached hydrogen (secondary N) is 1. The molecule has 1 amide bonds. The Bertz CT molecular complexity index is 184. The zero-order valence-electron chi connectivity index (χ0n) is 10.8. The topological polar surface area (TPSA) is 52.6 Å². The van der Waals surface area contributed by atoms with Gasteiger partial charge < -0.3 is 10.4 Å². The molecular formula is C12H26N2O2. The number of carbonyl (C=O) groups is 1. The molecule has 0 unspecified atom stereocenters. The zero-order valence-corrected chi connectivity index (χ0v) is 10.8. The standard InChI is InChI=1S/C12H26N2O2/c1-4-5-6-8-14(11(2)3)10-12(16)13-7-9-15/h11,15H,4-10H2,1-3H3,(H,13,16). The van der Waals surface area contributed by atoms with E-state index in [1.54, 1.807) is 0 Å². The molecule has 0 radical (unpaired) electrons. The van der Waals surface area contributed by atoms with Crippen LogP contribution in [0.1, 0.15) is 40.0 Å². The largest absolute Gasteiger partial charge is 0.395 e. The summed E-state index contributed by atoms with van der Waals surface area (Å²) in [5.41, 5.74) is 0. The molecule has 0 saturated heterocycles. The lowest BCUT2D eigenvalue weighted by molar-refractivity contribution is -0.122. The number of unbranched alkanes of at least 4 members (excludes halogenated alkanes) is 2. The number of amides is 1. The van der Waals surface area contributed by atoms with Gasteiger partial charge in [0.15, 0.2) is 0 Å². The second kappa shape index (κ2) is 9.60. The van der Waals surface area contributed by atoms with Crippen molar-refractivity contribution in [2.75, 3.05) is 26.2 Å². The number of hydrogen-bond acceptors (Lipinski definition) is 3. The monoisotopic (exact) mass is 230 g/mol. The molecule has 0 spiro atoms. The van der Waals surface area contributed by atoms with E-state index in [9.17, 15) is 4.79 Å². The molecule has 0 bridgehead atoms. The molecule has 0 rings (SSSR count). The van der Waals surface area contributed by atoms with Crippen LogP contribution in [0.5, 0.6) is 0 Å². The number of carbonyl (C=O) groups excluding carboxylic acids is 1. The van der Waals surface area contributed by atoms with Crippen molar-refractivity contribution >= 4 is 5.91 Å². The van der Waals surface area contributed by atoms with E-state index in [2.05, 4.69) is 31.0 Å². The first-order chi connectivity index (χ1) is 7.61. The van der Waals surface area contributed by atoms with Gasteiger partial charge in [0, 0.05) is 12.6 Å². The Hall–Kier alpha value is -0.610. The molecule has 96 valence electrons. The molecular weight excluding hydrogens is 204 g/mol. The number of rotatable bonds is 9. The Morgan fingerprint density at radius 2 is 2.06 bits per heavy atom. The van der Waals surface area contributed by atoms with E-state index in [-0.39, 0.29) is 12.5 Å². The van der Waals surface area contributed by atoms with Crippen molar-refractivity contribution in [3.63, 3.8) is 0 Å². The van der Waals surface area contributed by atoms with Gasteiger partial charge in [0.1, 0.15) is 0 Å². The van der Waals surface area contributed by atoms with Gasteiger partial charge in [-0.25, -0.2) is 0 Å². The second-order valence-corrected chi connectivity index (χ2v) is 4.34. The minimum Gasteiger partial charge on any atom is -0.395 e. The van der Waals surface area contributed by atoms with Gasteiger partial charge >= 0.3 is 0 Å². The fourth-order valence-corrected chi connectivity index (χ4v) is 1.52.